The van der Waals surface area contributed by atoms with Crippen molar-refractivity contribution in [3.63, 3.8) is 0 Å². The number of aryl methyl sites for hydroxylation is 1. The molecule has 3 N–H and O–H groups in total. The second-order valence-electron chi connectivity index (χ2n) is 6.31. The van der Waals surface area contributed by atoms with E-state index in [1.54, 1.807) is 25.2 Å². The fraction of sp³-hybridized carbons (Fsp3) is 0.350. The molecule has 160 valence electrons. The van der Waals surface area contributed by atoms with E-state index in [0.717, 1.165) is 11.1 Å². The van der Waals surface area contributed by atoms with Crippen molar-refractivity contribution in [3.8, 4) is 0 Å². The van der Waals surface area contributed by atoms with Crippen LogP contribution in [0.2, 0.25) is 0 Å². The third-order valence-corrected chi connectivity index (χ3v) is 5.49. The topological polar surface area (TPSA) is 91.8 Å². The van der Waals surface area contributed by atoms with Gasteiger partial charge in [0.25, 0.3) is 0 Å². The van der Waals surface area contributed by atoms with Crippen LogP contribution in [0.3, 0.4) is 0 Å². The molecule has 2 rings (SSSR count). The van der Waals surface area contributed by atoms with E-state index in [-0.39, 0.29) is 35.4 Å². The molecule has 0 fully saturated rings. The Hall–Kier alpha value is -1.69. The van der Waals surface area contributed by atoms with Crippen molar-refractivity contribution in [2.75, 3.05) is 27.3 Å². The third kappa shape index (κ3) is 8.69. The fourth-order valence-corrected chi connectivity index (χ4v) is 3.68. The molecule has 7 nitrogen and oxygen atoms in total. The minimum Gasteiger partial charge on any atom is -0.383 e. The van der Waals surface area contributed by atoms with Gasteiger partial charge in [-0.3, -0.25) is 4.99 Å². The van der Waals surface area contributed by atoms with Crippen LogP contribution in [0.1, 0.15) is 16.7 Å². The first-order valence-electron chi connectivity index (χ1n) is 9.02. The number of guanidine groups is 1. The van der Waals surface area contributed by atoms with Crippen LogP contribution in [0.25, 0.3) is 0 Å². The van der Waals surface area contributed by atoms with Gasteiger partial charge in [-0.25, -0.2) is 13.1 Å². The molecule has 2 aromatic carbocycles. The van der Waals surface area contributed by atoms with Crippen molar-refractivity contribution >= 4 is 40.0 Å². The van der Waals surface area contributed by atoms with Crippen molar-refractivity contribution in [2.45, 2.75) is 24.9 Å². The van der Waals surface area contributed by atoms with Gasteiger partial charge in [-0.2, -0.15) is 0 Å². The largest absolute Gasteiger partial charge is 0.383 e. The Kier molecular flexibility index (Phi) is 11.2. The van der Waals surface area contributed by atoms with E-state index in [2.05, 4.69) is 45.5 Å². The summed E-state index contributed by atoms with van der Waals surface area (Å²) in [6, 6.07) is 15.1. The lowest BCUT2D eigenvalue weighted by molar-refractivity contribution is 0.204. The molecule has 0 bridgehead atoms. The van der Waals surface area contributed by atoms with Crippen molar-refractivity contribution in [3.05, 3.63) is 65.2 Å². The van der Waals surface area contributed by atoms with Gasteiger partial charge in [0.15, 0.2) is 5.96 Å². The number of nitrogens with one attached hydrogen (secondary N) is 3. The molecule has 0 spiro atoms. The summed E-state index contributed by atoms with van der Waals surface area (Å²) in [4.78, 5) is 4.44. The maximum absolute atomic E-state index is 12.3. The van der Waals surface area contributed by atoms with Gasteiger partial charge in [-0.15, -0.1) is 24.0 Å². The van der Waals surface area contributed by atoms with Crippen LogP contribution in [0.15, 0.2) is 58.4 Å². The molecule has 0 aliphatic heterocycles. The Bertz CT molecular complexity index is 904. The van der Waals surface area contributed by atoms with Gasteiger partial charge in [-0.05, 0) is 30.2 Å². The molecular formula is C20H29IN4O3S. The molecule has 0 radical (unpaired) electrons. The van der Waals surface area contributed by atoms with Gasteiger partial charge in [-0.1, -0.05) is 42.0 Å². The Morgan fingerprint density at radius 3 is 2.24 bits per heavy atom. The number of hydrogen-bond donors (Lipinski definition) is 3. The first-order valence-corrected chi connectivity index (χ1v) is 10.5. The highest BCUT2D eigenvalue weighted by Crippen LogP contribution is 2.11. The van der Waals surface area contributed by atoms with Gasteiger partial charge in [0.1, 0.15) is 0 Å². The summed E-state index contributed by atoms with van der Waals surface area (Å²) in [7, 11) is -0.324. The number of methoxy groups -OCH3 is 1. The first-order chi connectivity index (χ1) is 13.4. The smallest absolute Gasteiger partial charge is 0.240 e. The molecule has 9 heteroatoms. The molecule has 0 aliphatic rings. The minimum absolute atomic E-state index is 0. The summed E-state index contributed by atoms with van der Waals surface area (Å²) in [6.45, 7) is 3.72. The van der Waals surface area contributed by atoms with E-state index in [1.807, 2.05) is 12.1 Å². The quantitative estimate of drug-likeness (QED) is 0.200. The number of nitrogens with zero attached hydrogens (tertiary/aromatic N) is 1. The highest BCUT2D eigenvalue weighted by atomic mass is 127. The van der Waals surface area contributed by atoms with E-state index < -0.39 is 10.0 Å². The van der Waals surface area contributed by atoms with Crippen LogP contribution >= 0.6 is 24.0 Å². The monoisotopic (exact) mass is 532 g/mol. The Balaban J connectivity index is 0.00000420. The zero-order valence-corrected chi connectivity index (χ0v) is 20.1. The normalized spacial score (nSPS) is 11.6. The molecule has 0 saturated carbocycles. The van der Waals surface area contributed by atoms with Gasteiger partial charge in [0, 0.05) is 33.8 Å². The summed E-state index contributed by atoms with van der Waals surface area (Å²) in [5, 5.41) is 6.46. The van der Waals surface area contributed by atoms with E-state index in [9.17, 15) is 8.42 Å². The molecule has 0 saturated heterocycles. The predicted octanol–water partition coefficient (Wildman–Crippen LogP) is 2.40. The molecule has 0 atom stereocenters. The number of aliphatic imine (C=N–C) groups is 1. The first kappa shape index (κ1) is 25.3. The molecule has 0 aliphatic carbocycles. The number of sulfonamides is 1. The molecule has 29 heavy (non-hydrogen) atoms. The van der Waals surface area contributed by atoms with E-state index >= 15 is 0 Å². The SMILES string of the molecule is CN=C(NCc1cccc(C)c1)NCc1cccc(S(=O)(=O)NCCOC)c1.I. The maximum atomic E-state index is 12.3. The Labute approximate surface area is 190 Å². The van der Waals surface area contributed by atoms with Crippen molar-refractivity contribution in [1.82, 2.24) is 15.4 Å². The minimum atomic E-state index is -3.55. The molecule has 0 heterocycles. The highest BCUT2D eigenvalue weighted by Gasteiger charge is 2.13. The van der Waals surface area contributed by atoms with Crippen LogP contribution in [-0.4, -0.2) is 41.7 Å². The zero-order chi connectivity index (χ0) is 20.4. The van der Waals surface area contributed by atoms with Crippen molar-refractivity contribution < 1.29 is 13.2 Å². The second kappa shape index (κ2) is 12.8. The Morgan fingerprint density at radius 1 is 1.03 bits per heavy atom. The Morgan fingerprint density at radius 2 is 1.66 bits per heavy atom. The second-order valence-corrected chi connectivity index (χ2v) is 8.07. The van der Waals surface area contributed by atoms with E-state index in [1.165, 1.54) is 12.7 Å². The van der Waals surface area contributed by atoms with Crippen molar-refractivity contribution in [1.29, 1.82) is 0 Å². The summed E-state index contributed by atoms with van der Waals surface area (Å²) in [5.74, 6) is 0.646. The van der Waals surface area contributed by atoms with Gasteiger partial charge < -0.3 is 15.4 Å². The molecule has 0 amide bonds. The zero-order valence-electron chi connectivity index (χ0n) is 16.9. The lowest BCUT2D eigenvalue weighted by Crippen LogP contribution is -2.36. The number of benzene rings is 2. The van der Waals surface area contributed by atoms with Crippen LogP contribution in [0.4, 0.5) is 0 Å². The summed E-state index contributed by atoms with van der Waals surface area (Å²) < 4.78 is 32.0. The maximum Gasteiger partial charge on any atom is 0.240 e. The number of halogens is 1. The van der Waals surface area contributed by atoms with Gasteiger partial charge in [0.2, 0.25) is 10.0 Å². The van der Waals surface area contributed by atoms with E-state index in [4.69, 9.17) is 4.74 Å². The van der Waals surface area contributed by atoms with Crippen molar-refractivity contribution in [2.24, 2.45) is 4.99 Å². The fourth-order valence-electron chi connectivity index (χ4n) is 2.60. The average molecular weight is 532 g/mol. The van der Waals surface area contributed by atoms with Crippen LogP contribution in [0.5, 0.6) is 0 Å². The van der Waals surface area contributed by atoms with Gasteiger partial charge >= 0.3 is 0 Å². The highest BCUT2D eigenvalue weighted by molar-refractivity contribution is 14.0. The van der Waals surface area contributed by atoms with Crippen LogP contribution in [0, 0.1) is 6.92 Å². The lowest BCUT2D eigenvalue weighted by atomic mass is 10.1. The summed E-state index contributed by atoms with van der Waals surface area (Å²) in [6.07, 6.45) is 0. The molecular weight excluding hydrogens is 503 g/mol. The summed E-state index contributed by atoms with van der Waals surface area (Å²) >= 11 is 0. The third-order valence-electron chi connectivity index (χ3n) is 4.03. The molecule has 0 unspecified atom stereocenters. The number of rotatable bonds is 9. The summed E-state index contributed by atoms with van der Waals surface area (Å²) in [5.41, 5.74) is 3.21. The average Bonchev–Trinajstić information content (AvgIpc) is 2.68. The van der Waals surface area contributed by atoms with Crippen LogP contribution in [-0.2, 0) is 27.8 Å². The standard InChI is InChI=1S/C20H28N4O3S.HI/c1-16-6-4-7-17(12-16)14-22-20(21-2)23-15-18-8-5-9-19(13-18)28(25,26)24-10-11-27-3;/h4-9,12-13,24H,10-11,14-15H2,1-3H3,(H2,21,22,23);1H. The number of ether oxygens (including phenoxy) is 1. The number of hydrogen-bond acceptors (Lipinski definition) is 4. The predicted molar refractivity (Wildman–Crippen MR) is 127 cm³/mol. The van der Waals surface area contributed by atoms with E-state index in [0.29, 0.717) is 25.7 Å². The van der Waals surface area contributed by atoms with Gasteiger partial charge in [0.05, 0.1) is 11.5 Å². The lowest BCUT2D eigenvalue weighted by Gasteiger charge is -2.13. The molecule has 0 aromatic heterocycles. The molecule has 2 aromatic rings. The van der Waals surface area contributed by atoms with Crippen LogP contribution < -0.4 is 15.4 Å².